The van der Waals surface area contributed by atoms with Crippen LogP contribution in [0.15, 0.2) is 0 Å². The summed E-state index contributed by atoms with van der Waals surface area (Å²) in [5.41, 5.74) is -0.0716. The first-order valence-electron chi connectivity index (χ1n) is 4.76. The number of piperidine rings is 1. The summed E-state index contributed by atoms with van der Waals surface area (Å²) in [5, 5.41) is 17.5. The average molecular weight is 199 g/mol. The third-order valence-electron chi connectivity index (χ3n) is 3.52. The number of nitrogens with zero attached hydrogens (tertiary/aromatic N) is 1. The van der Waals surface area contributed by atoms with Crippen molar-refractivity contribution in [2.24, 2.45) is 11.3 Å². The number of carbonyl (C=O) groups is 2. The molecule has 1 heterocycles. The SMILES string of the molecule is O=C(O)C1CC12CCN(C(=O)O)CC2. The molecule has 1 unspecified atom stereocenters. The molecule has 2 N–H and O–H groups in total. The van der Waals surface area contributed by atoms with Crippen LogP contribution in [0.4, 0.5) is 4.79 Å². The zero-order chi connectivity index (χ0) is 10.3. The average Bonchev–Trinajstić information content (AvgIpc) is 2.80. The fraction of sp³-hybridized carbons (Fsp3) is 0.778. The van der Waals surface area contributed by atoms with Gasteiger partial charge in [0, 0.05) is 13.1 Å². The second-order valence-corrected chi connectivity index (χ2v) is 4.23. The van der Waals surface area contributed by atoms with Crippen molar-refractivity contribution in [2.75, 3.05) is 13.1 Å². The lowest BCUT2D eigenvalue weighted by atomic mass is 9.91. The third kappa shape index (κ3) is 1.32. The normalized spacial score (nSPS) is 28.9. The Morgan fingerprint density at radius 1 is 1.21 bits per heavy atom. The minimum absolute atomic E-state index is 0.0716. The van der Waals surface area contributed by atoms with Gasteiger partial charge in [-0.05, 0) is 24.7 Å². The van der Waals surface area contributed by atoms with Gasteiger partial charge in [0.15, 0.2) is 0 Å². The van der Waals surface area contributed by atoms with Gasteiger partial charge in [0.1, 0.15) is 0 Å². The summed E-state index contributed by atoms with van der Waals surface area (Å²) >= 11 is 0. The van der Waals surface area contributed by atoms with E-state index in [1.807, 2.05) is 0 Å². The third-order valence-corrected chi connectivity index (χ3v) is 3.52. The zero-order valence-electron chi connectivity index (χ0n) is 7.77. The number of rotatable bonds is 1. The molecule has 0 aromatic carbocycles. The lowest BCUT2D eigenvalue weighted by Gasteiger charge is -2.30. The van der Waals surface area contributed by atoms with E-state index in [2.05, 4.69) is 0 Å². The van der Waals surface area contributed by atoms with E-state index in [1.165, 1.54) is 4.90 Å². The summed E-state index contributed by atoms with van der Waals surface area (Å²) in [6, 6.07) is 0. The highest BCUT2D eigenvalue weighted by atomic mass is 16.4. The molecule has 78 valence electrons. The molecule has 0 bridgehead atoms. The zero-order valence-corrected chi connectivity index (χ0v) is 7.77. The highest BCUT2D eigenvalue weighted by molar-refractivity contribution is 5.75. The molecule has 0 radical (unpaired) electrons. The van der Waals surface area contributed by atoms with Gasteiger partial charge in [0.25, 0.3) is 0 Å². The van der Waals surface area contributed by atoms with Crippen molar-refractivity contribution >= 4 is 12.1 Å². The maximum atomic E-state index is 10.7. The first kappa shape index (κ1) is 9.30. The van der Waals surface area contributed by atoms with Gasteiger partial charge in [0.05, 0.1) is 5.92 Å². The maximum Gasteiger partial charge on any atom is 0.407 e. The van der Waals surface area contributed by atoms with Gasteiger partial charge in [-0.1, -0.05) is 0 Å². The van der Waals surface area contributed by atoms with E-state index >= 15 is 0 Å². The first-order valence-corrected chi connectivity index (χ1v) is 4.76. The predicted octanol–water partition coefficient (Wildman–Crippen LogP) is 0.851. The standard InChI is InChI=1S/C9H13NO4/c11-7(12)6-5-9(6)1-3-10(4-2-9)8(13)14/h6H,1-5H2,(H,11,12)(H,13,14). The molecule has 5 nitrogen and oxygen atoms in total. The van der Waals surface area contributed by atoms with E-state index in [-0.39, 0.29) is 11.3 Å². The summed E-state index contributed by atoms with van der Waals surface area (Å²) in [7, 11) is 0. The summed E-state index contributed by atoms with van der Waals surface area (Å²) in [6.45, 7) is 0.970. The fourth-order valence-electron chi connectivity index (χ4n) is 2.39. The molecule has 2 rings (SSSR count). The van der Waals surface area contributed by atoms with Crippen LogP contribution in [0.5, 0.6) is 0 Å². The molecule has 1 amide bonds. The smallest absolute Gasteiger partial charge is 0.407 e. The Morgan fingerprint density at radius 3 is 2.14 bits per heavy atom. The molecule has 1 spiro atoms. The van der Waals surface area contributed by atoms with Crippen molar-refractivity contribution in [2.45, 2.75) is 19.3 Å². The van der Waals surface area contributed by atoms with Crippen molar-refractivity contribution in [3.05, 3.63) is 0 Å². The Bertz CT molecular complexity index is 281. The van der Waals surface area contributed by atoms with Gasteiger partial charge >= 0.3 is 12.1 Å². The Morgan fingerprint density at radius 2 is 1.79 bits per heavy atom. The predicted molar refractivity (Wildman–Crippen MR) is 47.0 cm³/mol. The number of hydrogen-bond acceptors (Lipinski definition) is 2. The molecule has 1 saturated carbocycles. The Kier molecular flexibility index (Phi) is 1.90. The summed E-state index contributed by atoms with van der Waals surface area (Å²) in [6.07, 6.45) is 1.25. The molecule has 5 heteroatoms. The number of amides is 1. The molecule has 0 aromatic rings. The maximum absolute atomic E-state index is 10.7. The second-order valence-electron chi connectivity index (χ2n) is 4.23. The van der Waals surface area contributed by atoms with Crippen LogP contribution in [0.2, 0.25) is 0 Å². The topological polar surface area (TPSA) is 77.8 Å². The first-order chi connectivity index (χ1) is 6.55. The van der Waals surface area contributed by atoms with Crippen molar-refractivity contribution in [3.63, 3.8) is 0 Å². The minimum atomic E-state index is -0.896. The van der Waals surface area contributed by atoms with Crippen molar-refractivity contribution in [1.82, 2.24) is 4.90 Å². The second kappa shape index (κ2) is 2.87. The van der Waals surface area contributed by atoms with Crippen LogP contribution in [0.1, 0.15) is 19.3 Å². The van der Waals surface area contributed by atoms with Gasteiger partial charge in [0.2, 0.25) is 0 Å². The number of hydrogen-bond donors (Lipinski definition) is 2. The molecule has 1 aliphatic carbocycles. The van der Waals surface area contributed by atoms with E-state index in [1.54, 1.807) is 0 Å². The Hall–Kier alpha value is -1.26. The van der Waals surface area contributed by atoms with Crippen LogP contribution in [0.3, 0.4) is 0 Å². The van der Waals surface area contributed by atoms with Gasteiger partial charge in [-0.25, -0.2) is 4.79 Å². The van der Waals surface area contributed by atoms with Crippen LogP contribution >= 0.6 is 0 Å². The molecule has 1 atom stereocenters. The van der Waals surface area contributed by atoms with Gasteiger partial charge < -0.3 is 15.1 Å². The molecule has 14 heavy (non-hydrogen) atoms. The highest BCUT2D eigenvalue weighted by Crippen LogP contribution is 2.59. The highest BCUT2D eigenvalue weighted by Gasteiger charge is 2.59. The Balaban J connectivity index is 1.92. The number of aliphatic carboxylic acids is 1. The molecule has 2 fully saturated rings. The summed E-state index contributed by atoms with van der Waals surface area (Å²) < 4.78 is 0. The van der Waals surface area contributed by atoms with Crippen molar-refractivity contribution < 1.29 is 19.8 Å². The van der Waals surface area contributed by atoms with Crippen LogP contribution in [0.25, 0.3) is 0 Å². The molecular weight excluding hydrogens is 186 g/mol. The van der Waals surface area contributed by atoms with E-state index in [0.717, 1.165) is 6.42 Å². The van der Waals surface area contributed by atoms with Gasteiger partial charge in [-0.2, -0.15) is 0 Å². The largest absolute Gasteiger partial charge is 0.481 e. The van der Waals surface area contributed by atoms with E-state index < -0.39 is 12.1 Å². The monoisotopic (exact) mass is 199 g/mol. The van der Waals surface area contributed by atoms with E-state index in [4.69, 9.17) is 10.2 Å². The lowest BCUT2D eigenvalue weighted by molar-refractivity contribution is -0.139. The van der Waals surface area contributed by atoms with Gasteiger partial charge in [-0.3, -0.25) is 4.79 Å². The van der Waals surface area contributed by atoms with Crippen LogP contribution in [-0.2, 0) is 4.79 Å². The molecule has 0 aromatic heterocycles. The van der Waals surface area contributed by atoms with Crippen LogP contribution < -0.4 is 0 Å². The number of carboxylic acid groups (broad SMARTS) is 2. The van der Waals surface area contributed by atoms with Gasteiger partial charge in [-0.15, -0.1) is 0 Å². The van der Waals surface area contributed by atoms with E-state index in [9.17, 15) is 9.59 Å². The molecule has 1 aliphatic heterocycles. The minimum Gasteiger partial charge on any atom is -0.481 e. The molecule has 1 saturated heterocycles. The number of likely N-dealkylation sites (tertiary alicyclic amines) is 1. The summed E-state index contributed by atoms with van der Waals surface area (Å²) in [5.74, 6) is -0.952. The fourth-order valence-corrected chi connectivity index (χ4v) is 2.39. The lowest BCUT2D eigenvalue weighted by Crippen LogP contribution is -2.39. The molecular formula is C9H13NO4. The quantitative estimate of drug-likeness (QED) is 0.656. The summed E-state index contributed by atoms with van der Waals surface area (Å²) in [4.78, 5) is 22.7. The van der Waals surface area contributed by atoms with E-state index in [0.29, 0.717) is 25.9 Å². The van der Waals surface area contributed by atoms with Crippen LogP contribution in [-0.4, -0.2) is 40.3 Å². The Labute approximate surface area is 81.3 Å². The van der Waals surface area contributed by atoms with Crippen LogP contribution in [0, 0.1) is 11.3 Å². The van der Waals surface area contributed by atoms with Crippen molar-refractivity contribution in [3.8, 4) is 0 Å². The molecule has 2 aliphatic rings. The van der Waals surface area contributed by atoms with Crippen molar-refractivity contribution in [1.29, 1.82) is 0 Å². The number of carboxylic acids is 1.